The average Bonchev–Trinajstić information content (AvgIpc) is 2.10. The predicted molar refractivity (Wildman–Crippen MR) is 45.3 cm³/mol. The fraction of sp³-hybridized carbons (Fsp3) is 0.714. The van der Waals surface area contributed by atoms with Crippen LogP contribution in [0.3, 0.4) is 0 Å². The Morgan fingerprint density at radius 2 is 2.08 bits per heavy atom. The van der Waals surface area contributed by atoms with Crippen molar-refractivity contribution in [3.8, 4) is 0 Å². The van der Waals surface area contributed by atoms with E-state index in [0.717, 1.165) is 0 Å². The number of carboxylic acids is 1. The summed E-state index contributed by atoms with van der Waals surface area (Å²) < 4.78 is 0. The topological polar surface area (TPSA) is 98.7 Å². The van der Waals surface area contributed by atoms with Gasteiger partial charge in [0.2, 0.25) is 0 Å². The van der Waals surface area contributed by atoms with Crippen LogP contribution in [0.1, 0.15) is 6.42 Å². The van der Waals surface area contributed by atoms with Crippen molar-refractivity contribution < 1.29 is 19.8 Å². The van der Waals surface area contributed by atoms with Crippen molar-refractivity contribution in [2.24, 2.45) is 5.92 Å². The molecule has 1 atom stereocenters. The molecule has 0 saturated heterocycles. The van der Waals surface area contributed by atoms with Crippen molar-refractivity contribution in [1.82, 2.24) is 10.6 Å². The first-order chi connectivity index (χ1) is 6.10. The zero-order valence-electron chi connectivity index (χ0n) is 7.41. The molecule has 0 fully saturated rings. The van der Waals surface area contributed by atoms with Crippen molar-refractivity contribution >= 4 is 12.0 Å². The van der Waals surface area contributed by atoms with Crippen LogP contribution in [0.4, 0.5) is 4.79 Å². The van der Waals surface area contributed by atoms with Crippen molar-refractivity contribution in [2.75, 3.05) is 20.2 Å². The number of rotatable bonds is 5. The Kier molecular flexibility index (Phi) is 5.62. The fourth-order valence-electron chi connectivity index (χ4n) is 0.774. The fourth-order valence-corrected chi connectivity index (χ4v) is 0.774. The standard InChI is InChI=1S/C7H14N2O4/c1-8-7(13)9-3-5(4-10)2-6(11)12/h5,10H,2-4H2,1H3,(H,11,12)(H2,8,9,13). The maximum atomic E-state index is 10.7. The number of aliphatic hydroxyl groups excluding tert-OH is 1. The molecule has 0 bridgehead atoms. The first-order valence-electron chi connectivity index (χ1n) is 3.88. The average molecular weight is 190 g/mol. The van der Waals surface area contributed by atoms with Crippen molar-refractivity contribution in [3.05, 3.63) is 0 Å². The number of aliphatic hydroxyl groups is 1. The number of amides is 2. The largest absolute Gasteiger partial charge is 0.481 e. The smallest absolute Gasteiger partial charge is 0.314 e. The van der Waals surface area contributed by atoms with Crippen LogP contribution in [0.25, 0.3) is 0 Å². The highest BCUT2D eigenvalue weighted by molar-refractivity contribution is 5.73. The van der Waals surface area contributed by atoms with E-state index in [-0.39, 0.29) is 25.6 Å². The van der Waals surface area contributed by atoms with E-state index >= 15 is 0 Å². The Morgan fingerprint density at radius 1 is 1.46 bits per heavy atom. The maximum absolute atomic E-state index is 10.7. The zero-order chi connectivity index (χ0) is 10.3. The lowest BCUT2D eigenvalue weighted by molar-refractivity contribution is -0.138. The van der Waals surface area contributed by atoms with Crippen LogP contribution in [0.2, 0.25) is 0 Å². The SMILES string of the molecule is CNC(=O)NCC(CO)CC(=O)O. The Labute approximate surface area is 75.9 Å². The number of hydrogen-bond acceptors (Lipinski definition) is 3. The van der Waals surface area contributed by atoms with E-state index in [2.05, 4.69) is 10.6 Å². The molecule has 6 nitrogen and oxygen atoms in total. The number of hydrogen-bond donors (Lipinski definition) is 4. The van der Waals surface area contributed by atoms with Gasteiger partial charge in [-0.2, -0.15) is 0 Å². The molecule has 0 spiro atoms. The quantitative estimate of drug-likeness (QED) is 0.447. The summed E-state index contributed by atoms with van der Waals surface area (Å²) in [6.07, 6.45) is -0.152. The Hall–Kier alpha value is -1.30. The van der Waals surface area contributed by atoms with Crippen LogP contribution >= 0.6 is 0 Å². The van der Waals surface area contributed by atoms with Gasteiger partial charge in [-0.1, -0.05) is 0 Å². The summed E-state index contributed by atoms with van der Waals surface area (Å²) in [6.45, 7) is -0.0984. The highest BCUT2D eigenvalue weighted by Crippen LogP contribution is 1.99. The van der Waals surface area contributed by atoms with Crippen molar-refractivity contribution in [2.45, 2.75) is 6.42 Å². The zero-order valence-corrected chi connectivity index (χ0v) is 7.41. The van der Waals surface area contributed by atoms with Gasteiger partial charge in [0, 0.05) is 26.1 Å². The first kappa shape index (κ1) is 11.7. The third kappa shape index (κ3) is 5.92. The second kappa shape index (κ2) is 6.24. The summed E-state index contributed by atoms with van der Waals surface area (Å²) >= 11 is 0. The van der Waals surface area contributed by atoms with E-state index < -0.39 is 11.9 Å². The minimum absolute atomic E-state index is 0.152. The number of urea groups is 1. The molecule has 1 unspecified atom stereocenters. The number of carbonyl (C=O) groups excluding carboxylic acids is 1. The third-order valence-electron chi connectivity index (χ3n) is 1.50. The molecule has 0 saturated carbocycles. The minimum atomic E-state index is -0.988. The number of carbonyl (C=O) groups is 2. The minimum Gasteiger partial charge on any atom is -0.481 e. The third-order valence-corrected chi connectivity index (χ3v) is 1.50. The first-order valence-corrected chi connectivity index (χ1v) is 3.88. The van der Waals surface area contributed by atoms with E-state index in [1.165, 1.54) is 7.05 Å². The van der Waals surface area contributed by atoms with Gasteiger partial charge in [-0.05, 0) is 0 Å². The molecule has 0 aromatic rings. The van der Waals surface area contributed by atoms with Gasteiger partial charge in [-0.3, -0.25) is 4.79 Å². The van der Waals surface area contributed by atoms with Crippen LogP contribution < -0.4 is 10.6 Å². The molecule has 0 aromatic heterocycles. The van der Waals surface area contributed by atoms with Crippen LogP contribution in [0.5, 0.6) is 0 Å². The lowest BCUT2D eigenvalue weighted by atomic mass is 10.1. The highest BCUT2D eigenvalue weighted by atomic mass is 16.4. The summed E-state index contributed by atoms with van der Waals surface area (Å²) in [7, 11) is 1.46. The second-order valence-corrected chi connectivity index (χ2v) is 2.61. The van der Waals surface area contributed by atoms with Gasteiger partial charge in [0.15, 0.2) is 0 Å². The van der Waals surface area contributed by atoms with E-state index in [4.69, 9.17) is 10.2 Å². The van der Waals surface area contributed by atoms with Gasteiger partial charge in [-0.25, -0.2) is 4.79 Å². The van der Waals surface area contributed by atoms with Crippen LogP contribution in [-0.4, -0.2) is 42.4 Å². The molecule has 4 N–H and O–H groups in total. The number of carboxylic acid groups (broad SMARTS) is 1. The van der Waals surface area contributed by atoms with E-state index in [1.807, 2.05) is 0 Å². The molecular formula is C7H14N2O4. The van der Waals surface area contributed by atoms with Crippen LogP contribution in [-0.2, 0) is 4.79 Å². The predicted octanol–water partition coefficient (Wildman–Crippen LogP) is -1.00. The Bertz CT molecular complexity index is 183. The molecule has 0 heterocycles. The maximum Gasteiger partial charge on any atom is 0.314 e. The molecule has 0 aliphatic carbocycles. The monoisotopic (exact) mass is 190 g/mol. The Balaban J connectivity index is 3.71. The summed E-state index contributed by atoms with van der Waals surface area (Å²) in [5.41, 5.74) is 0. The normalized spacial score (nSPS) is 11.8. The van der Waals surface area contributed by atoms with Crippen molar-refractivity contribution in [3.63, 3.8) is 0 Å². The van der Waals surface area contributed by atoms with Gasteiger partial charge in [0.05, 0.1) is 6.42 Å². The summed E-state index contributed by atoms with van der Waals surface area (Å²) in [4.78, 5) is 20.9. The van der Waals surface area contributed by atoms with E-state index in [9.17, 15) is 9.59 Å². The molecular weight excluding hydrogens is 176 g/mol. The van der Waals surface area contributed by atoms with Gasteiger partial charge in [-0.15, -0.1) is 0 Å². The van der Waals surface area contributed by atoms with Crippen LogP contribution in [0, 0.1) is 5.92 Å². The molecule has 6 heteroatoms. The van der Waals surface area contributed by atoms with E-state index in [1.54, 1.807) is 0 Å². The van der Waals surface area contributed by atoms with Gasteiger partial charge >= 0.3 is 12.0 Å². The molecule has 0 aliphatic rings. The van der Waals surface area contributed by atoms with Crippen LogP contribution in [0.15, 0.2) is 0 Å². The molecule has 0 aliphatic heterocycles. The van der Waals surface area contributed by atoms with Crippen molar-refractivity contribution in [1.29, 1.82) is 0 Å². The lowest BCUT2D eigenvalue weighted by Gasteiger charge is -2.11. The molecule has 13 heavy (non-hydrogen) atoms. The molecule has 0 radical (unpaired) electrons. The summed E-state index contributed by atoms with van der Waals surface area (Å²) in [6, 6.07) is -0.385. The molecule has 0 rings (SSSR count). The van der Waals surface area contributed by atoms with Gasteiger partial charge in [0.1, 0.15) is 0 Å². The summed E-state index contributed by atoms with van der Waals surface area (Å²) in [5.74, 6) is -1.42. The highest BCUT2D eigenvalue weighted by Gasteiger charge is 2.12. The number of nitrogens with one attached hydrogen (secondary N) is 2. The van der Waals surface area contributed by atoms with Gasteiger partial charge in [0.25, 0.3) is 0 Å². The number of aliphatic carboxylic acids is 1. The van der Waals surface area contributed by atoms with E-state index in [0.29, 0.717) is 0 Å². The summed E-state index contributed by atoms with van der Waals surface area (Å²) in [5, 5.41) is 21.9. The molecule has 76 valence electrons. The van der Waals surface area contributed by atoms with Gasteiger partial charge < -0.3 is 20.8 Å². The molecule has 0 aromatic carbocycles. The Morgan fingerprint density at radius 3 is 2.46 bits per heavy atom. The lowest BCUT2D eigenvalue weighted by Crippen LogP contribution is -2.37. The second-order valence-electron chi connectivity index (χ2n) is 2.61. The molecule has 2 amide bonds.